The SMILES string of the molecule is CCCC[C@@H]1Nc2ncnc(N3CCCC3)c2N(Cc2ccc(-c3ccccc3)cc2)C1=O. The fraction of sp³-hybridized carbons (Fsp3) is 0.370. The molecule has 6 nitrogen and oxygen atoms in total. The molecule has 5 rings (SSSR count). The van der Waals surface area contributed by atoms with E-state index in [1.165, 1.54) is 11.1 Å². The highest BCUT2D eigenvalue weighted by molar-refractivity contribution is 6.06. The van der Waals surface area contributed by atoms with Crippen molar-refractivity contribution in [3.63, 3.8) is 0 Å². The van der Waals surface area contributed by atoms with Gasteiger partial charge in [0.2, 0.25) is 5.91 Å². The average Bonchev–Trinajstić information content (AvgIpc) is 3.40. The smallest absolute Gasteiger partial charge is 0.250 e. The van der Waals surface area contributed by atoms with Gasteiger partial charge >= 0.3 is 0 Å². The number of unbranched alkanes of at least 4 members (excludes halogenated alkanes) is 1. The summed E-state index contributed by atoms with van der Waals surface area (Å²) in [5.74, 6) is 1.75. The number of hydrogen-bond donors (Lipinski definition) is 1. The Morgan fingerprint density at radius 2 is 1.70 bits per heavy atom. The monoisotopic (exact) mass is 441 g/mol. The Labute approximate surface area is 195 Å². The molecule has 2 aliphatic heterocycles. The van der Waals surface area contributed by atoms with Gasteiger partial charge in [0.25, 0.3) is 0 Å². The Morgan fingerprint density at radius 1 is 0.970 bits per heavy atom. The van der Waals surface area contributed by atoms with E-state index in [4.69, 9.17) is 0 Å². The molecule has 1 N–H and O–H groups in total. The summed E-state index contributed by atoms with van der Waals surface area (Å²) in [5, 5.41) is 3.42. The minimum absolute atomic E-state index is 0.110. The number of benzene rings is 2. The topological polar surface area (TPSA) is 61.4 Å². The maximum Gasteiger partial charge on any atom is 0.250 e. The van der Waals surface area contributed by atoms with Gasteiger partial charge in [-0.15, -0.1) is 0 Å². The van der Waals surface area contributed by atoms with Gasteiger partial charge in [0, 0.05) is 13.1 Å². The third kappa shape index (κ3) is 4.42. The molecule has 0 unspecified atom stereocenters. The zero-order valence-electron chi connectivity index (χ0n) is 19.2. The van der Waals surface area contributed by atoms with Gasteiger partial charge in [-0.05, 0) is 36.0 Å². The summed E-state index contributed by atoms with van der Waals surface area (Å²) in [6.07, 6.45) is 6.80. The Kier molecular flexibility index (Phi) is 6.24. The third-order valence-electron chi connectivity index (χ3n) is 6.60. The van der Waals surface area contributed by atoms with Gasteiger partial charge in [0.05, 0.1) is 6.54 Å². The molecule has 1 atom stereocenters. The largest absolute Gasteiger partial charge is 0.356 e. The summed E-state index contributed by atoms with van der Waals surface area (Å²) in [6.45, 7) is 4.60. The molecule has 170 valence electrons. The van der Waals surface area contributed by atoms with Crippen LogP contribution < -0.4 is 15.1 Å². The van der Waals surface area contributed by atoms with E-state index in [-0.39, 0.29) is 11.9 Å². The van der Waals surface area contributed by atoms with E-state index in [0.29, 0.717) is 6.54 Å². The highest BCUT2D eigenvalue weighted by Crippen LogP contribution is 2.40. The Balaban J connectivity index is 1.48. The number of carbonyl (C=O) groups is 1. The molecule has 3 aromatic rings. The van der Waals surface area contributed by atoms with Crippen LogP contribution in [0.3, 0.4) is 0 Å². The molecule has 33 heavy (non-hydrogen) atoms. The van der Waals surface area contributed by atoms with Gasteiger partial charge in [-0.25, -0.2) is 9.97 Å². The molecule has 0 aliphatic carbocycles. The average molecular weight is 442 g/mol. The molecule has 0 radical (unpaired) electrons. The molecule has 2 aliphatic rings. The Morgan fingerprint density at radius 3 is 2.42 bits per heavy atom. The highest BCUT2D eigenvalue weighted by atomic mass is 16.2. The van der Waals surface area contributed by atoms with Gasteiger partial charge in [-0.1, -0.05) is 74.4 Å². The molecule has 1 aromatic heterocycles. The van der Waals surface area contributed by atoms with E-state index in [0.717, 1.165) is 68.1 Å². The number of aromatic nitrogens is 2. The van der Waals surface area contributed by atoms with Crippen LogP contribution in [-0.4, -0.2) is 35.0 Å². The second-order valence-corrected chi connectivity index (χ2v) is 8.92. The first kappa shape index (κ1) is 21.4. The molecule has 1 amide bonds. The molecule has 1 saturated heterocycles. The van der Waals surface area contributed by atoms with Crippen molar-refractivity contribution in [2.75, 3.05) is 28.2 Å². The molecule has 2 aromatic carbocycles. The summed E-state index contributed by atoms with van der Waals surface area (Å²) in [4.78, 5) is 27.0. The predicted octanol–water partition coefficient (Wildman–Crippen LogP) is 5.26. The van der Waals surface area contributed by atoms with Crippen LogP contribution in [0, 0.1) is 0 Å². The van der Waals surface area contributed by atoms with Gasteiger partial charge in [-0.2, -0.15) is 0 Å². The highest BCUT2D eigenvalue weighted by Gasteiger charge is 2.36. The van der Waals surface area contributed by atoms with Crippen LogP contribution in [-0.2, 0) is 11.3 Å². The zero-order valence-corrected chi connectivity index (χ0v) is 19.2. The number of rotatable bonds is 7. The van der Waals surface area contributed by atoms with Crippen molar-refractivity contribution in [1.82, 2.24) is 9.97 Å². The lowest BCUT2D eigenvalue weighted by molar-refractivity contribution is -0.119. The Bertz CT molecular complexity index is 1090. The van der Waals surface area contributed by atoms with E-state index in [1.54, 1.807) is 6.33 Å². The van der Waals surface area contributed by atoms with Gasteiger partial charge < -0.3 is 10.2 Å². The summed E-state index contributed by atoms with van der Waals surface area (Å²) in [5.41, 5.74) is 4.29. The van der Waals surface area contributed by atoms with Crippen molar-refractivity contribution < 1.29 is 4.79 Å². The van der Waals surface area contributed by atoms with E-state index >= 15 is 0 Å². The van der Waals surface area contributed by atoms with Crippen LogP contribution >= 0.6 is 0 Å². The lowest BCUT2D eigenvalue weighted by Gasteiger charge is -2.37. The minimum Gasteiger partial charge on any atom is -0.356 e. The van der Waals surface area contributed by atoms with E-state index in [9.17, 15) is 4.79 Å². The summed E-state index contributed by atoms with van der Waals surface area (Å²) < 4.78 is 0. The molecule has 0 bridgehead atoms. The van der Waals surface area contributed by atoms with Crippen LogP contribution in [0.25, 0.3) is 11.1 Å². The van der Waals surface area contributed by atoms with Crippen molar-refractivity contribution in [1.29, 1.82) is 0 Å². The quantitative estimate of drug-likeness (QED) is 0.542. The molecule has 0 saturated carbocycles. The number of carbonyl (C=O) groups excluding carboxylic acids is 1. The normalized spacial score (nSPS) is 17.7. The molecule has 0 spiro atoms. The maximum absolute atomic E-state index is 13.6. The number of amides is 1. The first-order valence-electron chi connectivity index (χ1n) is 12.1. The first-order chi connectivity index (χ1) is 16.2. The van der Waals surface area contributed by atoms with Crippen molar-refractivity contribution in [2.24, 2.45) is 0 Å². The number of nitrogens with one attached hydrogen (secondary N) is 1. The van der Waals surface area contributed by atoms with Crippen LogP contribution in [0.15, 0.2) is 60.9 Å². The van der Waals surface area contributed by atoms with Gasteiger partial charge in [-0.3, -0.25) is 9.69 Å². The molecule has 3 heterocycles. The lowest BCUT2D eigenvalue weighted by Crippen LogP contribution is -2.48. The second kappa shape index (κ2) is 9.61. The number of hydrogen-bond acceptors (Lipinski definition) is 5. The second-order valence-electron chi connectivity index (χ2n) is 8.92. The van der Waals surface area contributed by atoms with Crippen molar-refractivity contribution in [2.45, 2.75) is 51.6 Å². The fourth-order valence-corrected chi connectivity index (χ4v) is 4.79. The van der Waals surface area contributed by atoms with Crippen LogP contribution in [0.5, 0.6) is 0 Å². The zero-order chi connectivity index (χ0) is 22.6. The number of anilines is 3. The summed E-state index contributed by atoms with van der Waals surface area (Å²) in [6, 6.07) is 18.6. The summed E-state index contributed by atoms with van der Waals surface area (Å²) >= 11 is 0. The minimum atomic E-state index is -0.248. The summed E-state index contributed by atoms with van der Waals surface area (Å²) in [7, 11) is 0. The number of nitrogens with zero attached hydrogens (tertiary/aromatic N) is 4. The maximum atomic E-state index is 13.6. The van der Waals surface area contributed by atoms with Gasteiger partial charge in [0.1, 0.15) is 18.1 Å². The van der Waals surface area contributed by atoms with Gasteiger partial charge in [0.15, 0.2) is 11.6 Å². The van der Waals surface area contributed by atoms with Crippen LogP contribution in [0.1, 0.15) is 44.6 Å². The third-order valence-corrected chi connectivity index (χ3v) is 6.60. The van der Waals surface area contributed by atoms with Crippen LogP contribution in [0.4, 0.5) is 17.3 Å². The Hall–Kier alpha value is -3.41. The van der Waals surface area contributed by atoms with Crippen molar-refractivity contribution in [3.05, 3.63) is 66.5 Å². The standard InChI is InChI=1S/C27H31N5O/c1-2-3-11-23-27(33)32(18-20-12-14-22(15-13-20)21-9-5-4-6-10-21)24-25(30-23)28-19-29-26(24)31-16-7-8-17-31/h4-6,9-10,12-15,19,23H,2-3,7-8,11,16-18H2,1H3,(H,28,29,30)/t23-/m0/s1. The van der Waals surface area contributed by atoms with E-state index < -0.39 is 0 Å². The predicted molar refractivity (Wildman–Crippen MR) is 133 cm³/mol. The molecular formula is C27H31N5O. The number of fused-ring (bicyclic) bond motifs is 1. The lowest BCUT2D eigenvalue weighted by atomic mass is 10.0. The molecular weight excluding hydrogens is 410 g/mol. The molecule has 1 fully saturated rings. The first-order valence-corrected chi connectivity index (χ1v) is 12.1. The molecule has 6 heteroatoms. The van der Waals surface area contributed by atoms with Crippen LogP contribution in [0.2, 0.25) is 0 Å². The fourth-order valence-electron chi connectivity index (χ4n) is 4.79. The van der Waals surface area contributed by atoms with Crippen molar-refractivity contribution >= 4 is 23.2 Å². The van der Waals surface area contributed by atoms with Crippen molar-refractivity contribution in [3.8, 4) is 11.1 Å². The van der Waals surface area contributed by atoms with E-state index in [2.05, 4.69) is 75.6 Å². The van der Waals surface area contributed by atoms with E-state index in [1.807, 2.05) is 11.0 Å².